The van der Waals surface area contributed by atoms with Crippen LogP contribution in [-0.4, -0.2) is 6.71 Å². The summed E-state index contributed by atoms with van der Waals surface area (Å²) < 4.78 is 0. The average Bonchev–Trinajstić information content (AvgIpc) is 2.40. The van der Waals surface area contributed by atoms with Crippen molar-refractivity contribution in [2.45, 2.75) is 57.6 Å². The topological polar surface area (TPSA) is 0 Å². The Balaban J connectivity index is 2.04. The third kappa shape index (κ3) is 3.64. The van der Waals surface area contributed by atoms with Crippen molar-refractivity contribution in [2.75, 3.05) is 0 Å². The van der Waals surface area contributed by atoms with Gasteiger partial charge in [0.05, 0.1) is 0 Å². The zero-order chi connectivity index (χ0) is 12.8. The molecule has 1 fully saturated rings. The van der Waals surface area contributed by atoms with Crippen LogP contribution in [0.1, 0.15) is 44.9 Å². The zero-order valence-electron chi connectivity index (χ0n) is 11.7. The highest BCUT2D eigenvalue weighted by Crippen LogP contribution is 2.38. The SMILES string of the molecule is C=CCB1C=C(C2CCCCC2)CC(CC=C)C1. The Kier molecular flexibility index (Phi) is 5.34. The van der Waals surface area contributed by atoms with Gasteiger partial charge in [-0.1, -0.05) is 49.6 Å². The molecule has 1 atom stereocenters. The fourth-order valence-electron chi connectivity index (χ4n) is 3.85. The number of hydrogen-bond donors (Lipinski definition) is 0. The molecule has 1 heteroatoms. The summed E-state index contributed by atoms with van der Waals surface area (Å²) in [5.74, 6) is 4.35. The summed E-state index contributed by atoms with van der Waals surface area (Å²) >= 11 is 0. The van der Waals surface area contributed by atoms with Gasteiger partial charge in [-0.3, -0.25) is 0 Å². The quantitative estimate of drug-likeness (QED) is 0.452. The number of allylic oxidation sites excluding steroid dienone is 3. The predicted octanol–water partition coefficient (Wildman–Crippen LogP) is 5.31. The molecule has 1 unspecified atom stereocenters. The van der Waals surface area contributed by atoms with E-state index in [1.807, 2.05) is 0 Å². The summed E-state index contributed by atoms with van der Waals surface area (Å²) in [6.07, 6.45) is 16.5. The van der Waals surface area contributed by atoms with Gasteiger partial charge in [0.1, 0.15) is 0 Å². The van der Waals surface area contributed by atoms with Crippen molar-refractivity contribution >= 4 is 6.71 Å². The van der Waals surface area contributed by atoms with Crippen LogP contribution in [0, 0.1) is 11.8 Å². The van der Waals surface area contributed by atoms with Gasteiger partial charge in [0.15, 0.2) is 6.71 Å². The van der Waals surface area contributed by atoms with Crippen molar-refractivity contribution in [2.24, 2.45) is 11.8 Å². The second-order valence-electron chi connectivity index (χ2n) is 6.19. The van der Waals surface area contributed by atoms with E-state index in [-0.39, 0.29) is 0 Å². The minimum Gasteiger partial charge on any atom is -0.115 e. The summed E-state index contributed by atoms with van der Waals surface area (Å²) in [4.78, 5) is 0. The van der Waals surface area contributed by atoms with Gasteiger partial charge < -0.3 is 0 Å². The molecule has 0 radical (unpaired) electrons. The van der Waals surface area contributed by atoms with E-state index < -0.39 is 0 Å². The Morgan fingerprint density at radius 1 is 1.17 bits per heavy atom. The van der Waals surface area contributed by atoms with Gasteiger partial charge in [-0.15, -0.1) is 19.1 Å². The molecule has 0 bridgehead atoms. The average molecular weight is 242 g/mol. The van der Waals surface area contributed by atoms with Gasteiger partial charge in [0.2, 0.25) is 0 Å². The summed E-state index contributed by atoms with van der Waals surface area (Å²) in [5.41, 5.74) is 1.78. The minimum atomic E-state index is 0.748. The molecule has 2 rings (SSSR count). The van der Waals surface area contributed by atoms with E-state index in [9.17, 15) is 0 Å². The Morgan fingerprint density at radius 3 is 2.61 bits per heavy atom. The van der Waals surface area contributed by atoms with Crippen LogP contribution >= 0.6 is 0 Å². The van der Waals surface area contributed by atoms with Crippen molar-refractivity contribution in [3.63, 3.8) is 0 Å². The summed E-state index contributed by atoms with van der Waals surface area (Å²) in [6, 6.07) is 0. The number of rotatable bonds is 5. The lowest BCUT2D eigenvalue weighted by Crippen LogP contribution is -2.24. The smallest absolute Gasteiger partial charge is 0.115 e. The third-order valence-electron chi connectivity index (χ3n) is 4.71. The van der Waals surface area contributed by atoms with E-state index in [0.717, 1.165) is 24.9 Å². The first-order valence-electron chi connectivity index (χ1n) is 7.75. The highest BCUT2D eigenvalue weighted by Gasteiger charge is 2.27. The minimum absolute atomic E-state index is 0.748. The van der Waals surface area contributed by atoms with E-state index in [2.05, 4.69) is 31.3 Å². The molecule has 1 saturated carbocycles. The van der Waals surface area contributed by atoms with Gasteiger partial charge in [-0.2, -0.15) is 0 Å². The molecule has 0 saturated heterocycles. The lowest BCUT2D eigenvalue weighted by Gasteiger charge is -2.32. The van der Waals surface area contributed by atoms with Crippen LogP contribution in [0.15, 0.2) is 36.9 Å². The van der Waals surface area contributed by atoms with E-state index in [0.29, 0.717) is 0 Å². The lowest BCUT2D eigenvalue weighted by molar-refractivity contribution is 0.380. The third-order valence-corrected chi connectivity index (χ3v) is 4.71. The van der Waals surface area contributed by atoms with Crippen LogP contribution < -0.4 is 0 Å². The molecule has 0 aromatic rings. The Morgan fingerprint density at radius 2 is 1.94 bits per heavy atom. The molecule has 18 heavy (non-hydrogen) atoms. The summed E-state index contributed by atoms with van der Waals surface area (Å²) in [6.45, 7) is 8.59. The van der Waals surface area contributed by atoms with E-state index >= 15 is 0 Å². The maximum Gasteiger partial charge on any atom is 0.170 e. The Labute approximate surface area is 113 Å². The van der Waals surface area contributed by atoms with Crippen LogP contribution in [0.25, 0.3) is 0 Å². The Bertz CT molecular complexity index is 310. The monoisotopic (exact) mass is 242 g/mol. The van der Waals surface area contributed by atoms with Crippen molar-refractivity contribution in [3.05, 3.63) is 36.9 Å². The van der Waals surface area contributed by atoms with Crippen molar-refractivity contribution in [3.8, 4) is 0 Å². The van der Waals surface area contributed by atoms with E-state index in [4.69, 9.17) is 0 Å². The highest BCUT2D eigenvalue weighted by atomic mass is 14.3. The first-order valence-corrected chi connectivity index (χ1v) is 7.75. The van der Waals surface area contributed by atoms with Crippen molar-refractivity contribution in [1.82, 2.24) is 0 Å². The van der Waals surface area contributed by atoms with Gasteiger partial charge in [0.25, 0.3) is 0 Å². The standard InChI is InChI=1S/C17H27B/c1-3-8-15-12-17(14-18(13-15)11-4-2)16-9-6-5-7-10-16/h3-4,14-16H,1-2,5-13H2. The Hall–Kier alpha value is -0.715. The molecule has 1 aliphatic heterocycles. The van der Waals surface area contributed by atoms with Crippen LogP contribution in [0.5, 0.6) is 0 Å². The molecule has 1 aliphatic carbocycles. The van der Waals surface area contributed by atoms with Gasteiger partial charge in [-0.25, -0.2) is 0 Å². The maximum absolute atomic E-state index is 3.92. The molecule has 0 aromatic heterocycles. The van der Waals surface area contributed by atoms with Gasteiger partial charge in [-0.05, 0) is 37.5 Å². The van der Waals surface area contributed by atoms with E-state index in [1.54, 1.807) is 5.57 Å². The van der Waals surface area contributed by atoms with E-state index in [1.165, 1.54) is 51.3 Å². The highest BCUT2D eigenvalue weighted by molar-refractivity contribution is 6.65. The molecule has 1 heterocycles. The molecule has 0 amide bonds. The fourth-order valence-corrected chi connectivity index (χ4v) is 3.85. The molecule has 0 spiro atoms. The molecule has 0 aromatic carbocycles. The molecule has 98 valence electrons. The van der Waals surface area contributed by atoms with Crippen LogP contribution in [0.4, 0.5) is 0 Å². The van der Waals surface area contributed by atoms with Gasteiger partial charge in [0, 0.05) is 0 Å². The lowest BCUT2D eigenvalue weighted by atomic mass is 9.39. The van der Waals surface area contributed by atoms with Gasteiger partial charge >= 0.3 is 0 Å². The predicted molar refractivity (Wildman–Crippen MR) is 83.1 cm³/mol. The first kappa shape index (κ1) is 13.7. The zero-order valence-corrected chi connectivity index (χ0v) is 11.7. The second-order valence-corrected chi connectivity index (χ2v) is 6.19. The summed E-state index contributed by atoms with van der Waals surface area (Å²) in [7, 11) is 0. The largest absolute Gasteiger partial charge is 0.170 e. The normalized spacial score (nSPS) is 25.7. The molecule has 0 nitrogen and oxygen atoms in total. The van der Waals surface area contributed by atoms with Crippen LogP contribution in [0.2, 0.25) is 12.6 Å². The van der Waals surface area contributed by atoms with Crippen LogP contribution in [0.3, 0.4) is 0 Å². The summed E-state index contributed by atoms with van der Waals surface area (Å²) in [5, 5.41) is 0. The first-order chi connectivity index (χ1) is 8.83. The fraction of sp³-hybridized carbons (Fsp3) is 0.647. The van der Waals surface area contributed by atoms with Crippen molar-refractivity contribution < 1.29 is 0 Å². The second kappa shape index (κ2) is 7.02. The molecular weight excluding hydrogens is 215 g/mol. The molecular formula is C17H27B. The van der Waals surface area contributed by atoms with Crippen LogP contribution in [-0.2, 0) is 0 Å². The number of hydrogen-bond acceptors (Lipinski definition) is 0. The van der Waals surface area contributed by atoms with Crippen molar-refractivity contribution in [1.29, 1.82) is 0 Å². The molecule has 2 aliphatic rings. The molecule has 0 N–H and O–H groups in total. The maximum atomic E-state index is 3.92.